The number of ether oxygens (including phenoxy) is 1. The highest BCUT2D eigenvalue weighted by Gasteiger charge is 2.23. The number of thioether (sulfide) groups is 2. The number of hydrogen-bond donors (Lipinski definition) is 0. The Kier molecular flexibility index (Phi) is 8.61. The van der Waals surface area contributed by atoms with Gasteiger partial charge < -0.3 is 4.74 Å². The average molecular weight is 339 g/mol. The lowest BCUT2D eigenvalue weighted by molar-refractivity contribution is 0.317. The second-order valence-corrected chi connectivity index (χ2v) is 8.71. The van der Waals surface area contributed by atoms with Crippen molar-refractivity contribution < 1.29 is 4.74 Å². The largest absolute Gasteiger partial charge is 0.494 e. The highest BCUT2D eigenvalue weighted by atomic mass is 32.2. The van der Waals surface area contributed by atoms with E-state index in [1.165, 1.54) is 49.2 Å². The summed E-state index contributed by atoms with van der Waals surface area (Å²) in [6.45, 7) is 5.24. The maximum absolute atomic E-state index is 5.67. The molecular formula is C19H30OS2. The van der Waals surface area contributed by atoms with Gasteiger partial charge in [0.25, 0.3) is 0 Å². The lowest BCUT2D eigenvalue weighted by Gasteiger charge is -2.28. The lowest BCUT2D eigenvalue weighted by Crippen LogP contribution is -2.14. The van der Waals surface area contributed by atoms with Gasteiger partial charge in [-0.3, -0.25) is 0 Å². The Morgan fingerprint density at radius 2 is 1.68 bits per heavy atom. The van der Waals surface area contributed by atoms with E-state index in [9.17, 15) is 0 Å². The van der Waals surface area contributed by atoms with E-state index in [1.807, 2.05) is 0 Å². The predicted molar refractivity (Wildman–Crippen MR) is 102 cm³/mol. The van der Waals surface area contributed by atoms with Crippen LogP contribution in [0.1, 0.15) is 62.5 Å². The number of unbranched alkanes of at least 4 members (excludes halogenated alkanes) is 3. The molecule has 0 spiro atoms. The van der Waals surface area contributed by atoms with Gasteiger partial charge in [0.1, 0.15) is 5.75 Å². The Morgan fingerprint density at radius 3 is 2.32 bits per heavy atom. The van der Waals surface area contributed by atoms with Crippen LogP contribution in [-0.2, 0) is 0 Å². The van der Waals surface area contributed by atoms with Crippen LogP contribution < -0.4 is 4.74 Å². The van der Waals surface area contributed by atoms with Gasteiger partial charge in [-0.2, -0.15) is 0 Å². The summed E-state index contributed by atoms with van der Waals surface area (Å²) in [7, 11) is 0. The van der Waals surface area contributed by atoms with Crippen molar-refractivity contribution in [3.63, 3.8) is 0 Å². The first-order valence-corrected chi connectivity index (χ1v) is 10.9. The van der Waals surface area contributed by atoms with E-state index >= 15 is 0 Å². The average Bonchev–Trinajstić information content (AvgIpc) is 2.58. The second-order valence-electron chi connectivity index (χ2n) is 6.13. The van der Waals surface area contributed by atoms with Crippen molar-refractivity contribution in [1.82, 2.24) is 0 Å². The van der Waals surface area contributed by atoms with Gasteiger partial charge in [-0.25, -0.2) is 0 Å². The molecule has 0 amide bonds. The van der Waals surface area contributed by atoms with Crippen molar-refractivity contribution in [2.24, 2.45) is 5.92 Å². The zero-order valence-electron chi connectivity index (χ0n) is 14.1. The molecule has 1 nitrogen and oxygen atoms in total. The molecule has 1 aromatic carbocycles. The molecule has 0 aromatic heterocycles. The number of benzene rings is 1. The third kappa shape index (κ3) is 6.08. The Labute approximate surface area is 145 Å². The minimum absolute atomic E-state index is 0.618. The Morgan fingerprint density at radius 1 is 0.955 bits per heavy atom. The molecule has 0 N–H and O–H groups in total. The Bertz CT molecular complexity index is 396. The zero-order valence-corrected chi connectivity index (χ0v) is 15.7. The molecule has 0 unspecified atom stereocenters. The highest BCUT2D eigenvalue weighted by molar-refractivity contribution is 8.16. The molecule has 0 bridgehead atoms. The summed E-state index contributed by atoms with van der Waals surface area (Å²) >= 11 is 4.27. The van der Waals surface area contributed by atoms with E-state index in [2.05, 4.69) is 61.6 Å². The summed E-state index contributed by atoms with van der Waals surface area (Å²) in [5, 5.41) is 0. The summed E-state index contributed by atoms with van der Waals surface area (Å²) in [5.74, 6) is 4.59. The summed E-state index contributed by atoms with van der Waals surface area (Å²) < 4.78 is 6.28. The van der Waals surface area contributed by atoms with Gasteiger partial charge in [-0.05, 0) is 48.0 Å². The molecule has 0 radical (unpaired) electrons. The predicted octanol–water partition coefficient (Wildman–Crippen LogP) is 6.54. The minimum atomic E-state index is 0.618. The van der Waals surface area contributed by atoms with Crippen LogP contribution in [0.25, 0.3) is 0 Å². The molecule has 1 fully saturated rings. The SMILES string of the molecule is CCCCCCC1CSC(c2ccc(OCCC)cc2)SC1. The topological polar surface area (TPSA) is 9.23 Å². The van der Waals surface area contributed by atoms with Crippen molar-refractivity contribution in [1.29, 1.82) is 0 Å². The van der Waals surface area contributed by atoms with Gasteiger partial charge in [0.15, 0.2) is 0 Å². The molecule has 1 aliphatic rings. The van der Waals surface area contributed by atoms with Crippen LogP contribution in [0, 0.1) is 5.92 Å². The first-order valence-electron chi connectivity index (χ1n) is 8.79. The fourth-order valence-electron chi connectivity index (χ4n) is 2.70. The maximum Gasteiger partial charge on any atom is 0.119 e. The number of rotatable bonds is 9. The van der Waals surface area contributed by atoms with Gasteiger partial charge in [0, 0.05) is 0 Å². The van der Waals surface area contributed by atoms with Gasteiger partial charge in [-0.1, -0.05) is 51.7 Å². The molecule has 3 heteroatoms. The normalized spacial score (nSPS) is 21.7. The van der Waals surface area contributed by atoms with E-state index < -0.39 is 0 Å². The van der Waals surface area contributed by atoms with Crippen LogP contribution in [-0.4, -0.2) is 18.1 Å². The molecule has 0 saturated carbocycles. The van der Waals surface area contributed by atoms with Crippen molar-refractivity contribution in [3.8, 4) is 5.75 Å². The number of hydrogen-bond acceptors (Lipinski definition) is 3. The molecule has 0 atom stereocenters. The monoisotopic (exact) mass is 338 g/mol. The third-order valence-electron chi connectivity index (χ3n) is 4.06. The fraction of sp³-hybridized carbons (Fsp3) is 0.684. The zero-order chi connectivity index (χ0) is 15.6. The van der Waals surface area contributed by atoms with Crippen LogP contribution in [0.15, 0.2) is 24.3 Å². The summed E-state index contributed by atoms with van der Waals surface area (Å²) in [5.41, 5.74) is 1.45. The Hall–Kier alpha value is -0.280. The van der Waals surface area contributed by atoms with E-state index in [4.69, 9.17) is 4.74 Å². The third-order valence-corrected chi connectivity index (χ3v) is 7.35. The lowest BCUT2D eigenvalue weighted by atomic mass is 10.0. The van der Waals surface area contributed by atoms with Crippen LogP contribution >= 0.6 is 23.5 Å². The molecule has 1 saturated heterocycles. The smallest absolute Gasteiger partial charge is 0.119 e. The molecule has 1 aromatic rings. The van der Waals surface area contributed by atoms with Crippen molar-refractivity contribution in [2.45, 2.75) is 57.0 Å². The van der Waals surface area contributed by atoms with E-state index in [1.54, 1.807) is 0 Å². The van der Waals surface area contributed by atoms with Gasteiger partial charge in [-0.15, -0.1) is 23.5 Å². The quantitative estimate of drug-likeness (QED) is 0.473. The molecular weight excluding hydrogens is 308 g/mol. The van der Waals surface area contributed by atoms with Crippen molar-refractivity contribution >= 4 is 23.5 Å². The van der Waals surface area contributed by atoms with Crippen molar-refractivity contribution in [3.05, 3.63) is 29.8 Å². The molecule has 1 heterocycles. The molecule has 1 aliphatic heterocycles. The van der Waals surface area contributed by atoms with Crippen LogP contribution in [0.2, 0.25) is 0 Å². The van der Waals surface area contributed by atoms with Crippen LogP contribution in [0.5, 0.6) is 5.75 Å². The highest BCUT2D eigenvalue weighted by Crippen LogP contribution is 2.46. The van der Waals surface area contributed by atoms with Gasteiger partial charge in [0.2, 0.25) is 0 Å². The first-order chi connectivity index (χ1) is 10.8. The molecule has 2 rings (SSSR count). The second kappa shape index (κ2) is 10.5. The first kappa shape index (κ1) is 18.1. The van der Waals surface area contributed by atoms with Gasteiger partial charge >= 0.3 is 0 Å². The van der Waals surface area contributed by atoms with E-state index in [-0.39, 0.29) is 0 Å². The van der Waals surface area contributed by atoms with Crippen LogP contribution in [0.3, 0.4) is 0 Å². The molecule has 124 valence electrons. The molecule has 0 aliphatic carbocycles. The molecule has 22 heavy (non-hydrogen) atoms. The van der Waals surface area contributed by atoms with Gasteiger partial charge in [0.05, 0.1) is 11.2 Å². The summed E-state index contributed by atoms with van der Waals surface area (Å²) in [6.07, 6.45) is 8.08. The minimum Gasteiger partial charge on any atom is -0.494 e. The standard InChI is InChI=1S/C19H30OS2/c1-3-5-6-7-8-16-14-21-19(22-15-16)17-9-11-18(12-10-17)20-13-4-2/h9-12,16,19H,3-8,13-15H2,1-2H3. The van der Waals surface area contributed by atoms with Crippen molar-refractivity contribution in [2.75, 3.05) is 18.1 Å². The fourth-order valence-corrected chi connectivity index (χ4v) is 5.87. The maximum atomic E-state index is 5.67. The van der Waals surface area contributed by atoms with E-state index in [0.717, 1.165) is 24.7 Å². The summed E-state index contributed by atoms with van der Waals surface area (Å²) in [6, 6.07) is 8.75. The Balaban J connectivity index is 1.72. The van der Waals surface area contributed by atoms with Crippen LogP contribution in [0.4, 0.5) is 0 Å². The van der Waals surface area contributed by atoms with E-state index in [0.29, 0.717) is 4.58 Å². The summed E-state index contributed by atoms with van der Waals surface area (Å²) in [4.78, 5) is 0.